The molecule has 2 aromatic rings. The van der Waals surface area contributed by atoms with E-state index in [1.165, 1.54) is 11.3 Å². The Hall–Kier alpha value is -1.85. The highest BCUT2D eigenvalue weighted by Crippen LogP contribution is 2.27. The van der Waals surface area contributed by atoms with Gasteiger partial charge in [0.25, 0.3) is 0 Å². The number of thiophene rings is 1. The molecule has 0 atom stereocenters. The van der Waals surface area contributed by atoms with Crippen LogP contribution < -0.4 is 5.32 Å². The van der Waals surface area contributed by atoms with Crippen molar-refractivity contribution in [1.82, 2.24) is 0 Å². The molecule has 0 aliphatic heterocycles. The van der Waals surface area contributed by atoms with Crippen LogP contribution in [-0.2, 0) is 18.0 Å². The monoisotopic (exact) mass is 277 g/mol. The lowest BCUT2D eigenvalue weighted by atomic mass is 10.2. The summed E-state index contributed by atoms with van der Waals surface area (Å²) in [5.41, 5.74) is 2.28. The van der Waals surface area contributed by atoms with Gasteiger partial charge in [0.05, 0.1) is 12.3 Å². The molecule has 0 bridgehead atoms. The van der Waals surface area contributed by atoms with Crippen molar-refractivity contribution in [3.05, 3.63) is 51.7 Å². The van der Waals surface area contributed by atoms with Crippen LogP contribution in [0.25, 0.3) is 0 Å². The number of amides is 1. The predicted octanol–water partition coefficient (Wildman–Crippen LogP) is 3.30. The van der Waals surface area contributed by atoms with Crippen LogP contribution in [0.1, 0.15) is 16.0 Å². The van der Waals surface area contributed by atoms with E-state index in [4.69, 9.17) is 9.84 Å². The van der Waals surface area contributed by atoms with Gasteiger partial charge in [0.1, 0.15) is 6.61 Å². The minimum absolute atomic E-state index is 0.0986. The standard InChI is InChI=1S/C14H15NO3S/c1-10-13(12(7-16)9-19-10)15-14(17)18-8-11-5-3-2-4-6-11/h2-6,9,16H,7-8H2,1H3,(H,15,17). The molecule has 0 saturated heterocycles. The van der Waals surface area contributed by atoms with Crippen molar-refractivity contribution in [2.75, 3.05) is 5.32 Å². The third-order valence-electron chi connectivity index (χ3n) is 2.66. The Morgan fingerprint density at radius 3 is 2.79 bits per heavy atom. The molecular formula is C14H15NO3S. The highest BCUT2D eigenvalue weighted by atomic mass is 32.1. The zero-order valence-corrected chi connectivity index (χ0v) is 11.4. The summed E-state index contributed by atoms with van der Waals surface area (Å²) in [5.74, 6) is 0. The molecule has 0 spiro atoms. The molecule has 0 saturated carbocycles. The summed E-state index contributed by atoms with van der Waals surface area (Å²) in [6.07, 6.45) is -0.514. The van der Waals surface area contributed by atoms with E-state index in [9.17, 15) is 4.79 Å². The largest absolute Gasteiger partial charge is 0.444 e. The number of aryl methyl sites for hydroxylation is 1. The number of hydrogen-bond acceptors (Lipinski definition) is 4. The molecule has 1 heterocycles. The van der Waals surface area contributed by atoms with Crippen LogP contribution in [0, 0.1) is 6.92 Å². The van der Waals surface area contributed by atoms with Crippen LogP contribution in [0.4, 0.5) is 10.5 Å². The molecule has 1 aromatic heterocycles. The van der Waals surface area contributed by atoms with Gasteiger partial charge in [-0.15, -0.1) is 11.3 Å². The minimum atomic E-state index is -0.514. The van der Waals surface area contributed by atoms with Crippen molar-refractivity contribution in [1.29, 1.82) is 0 Å². The molecular weight excluding hydrogens is 262 g/mol. The van der Waals surface area contributed by atoms with E-state index in [2.05, 4.69) is 5.32 Å². The molecule has 0 unspecified atom stereocenters. The number of hydrogen-bond donors (Lipinski definition) is 2. The molecule has 0 aliphatic rings. The van der Waals surface area contributed by atoms with Gasteiger partial charge in [-0.3, -0.25) is 5.32 Å². The van der Waals surface area contributed by atoms with Gasteiger partial charge in [-0.1, -0.05) is 30.3 Å². The topological polar surface area (TPSA) is 58.6 Å². The van der Waals surface area contributed by atoms with E-state index >= 15 is 0 Å². The van der Waals surface area contributed by atoms with Gasteiger partial charge < -0.3 is 9.84 Å². The summed E-state index contributed by atoms with van der Waals surface area (Å²) < 4.78 is 5.13. The average Bonchev–Trinajstić information content (AvgIpc) is 2.78. The third-order valence-corrected chi connectivity index (χ3v) is 3.62. The zero-order valence-electron chi connectivity index (χ0n) is 10.6. The van der Waals surface area contributed by atoms with Crippen molar-refractivity contribution < 1.29 is 14.6 Å². The SMILES string of the molecule is Cc1scc(CO)c1NC(=O)OCc1ccccc1. The highest BCUT2D eigenvalue weighted by molar-refractivity contribution is 7.10. The lowest BCUT2D eigenvalue weighted by molar-refractivity contribution is 0.155. The average molecular weight is 277 g/mol. The fourth-order valence-corrected chi connectivity index (χ4v) is 2.46. The Bertz CT molecular complexity index is 551. The van der Waals surface area contributed by atoms with Gasteiger partial charge in [-0.25, -0.2) is 4.79 Å². The van der Waals surface area contributed by atoms with Gasteiger partial charge >= 0.3 is 6.09 Å². The first-order valence-corrected chi connectivity index (χ1v) is 6.74. The Kier molecular flexibility index (Phi) is 4.54. The molecule has 19 heavy (non-hydrogen) atoms. The Morgan fingerprint density at radius 2 is 2.11 bits per heavy atom. The van der Waals surface area contributed by atoms with Gasteiger partial charge in [0, 0.05) is 10.4 Å². The summed E-state index contributed by atoms with van der Waals surface area (Å²) in [6, 6.07) is 9.48. The van der Waals surface area contributed by atoms with Gasteiger partial charge in [0.15, 0.2) is 0 Å². The van der Waals surface area contributed by atoms with E-state index in [-0.39, 0.29) is 13.2 Å². The first-order valence-electron chi connectivity index (χ1n) is 5.86. The second-order valence-corrected chi connectivity index (χ2v) is 5.12. The highest BCUT2D eigenvalue weighted by Gasteiger charge is 2.12. The molecule has 5 heteroatoms. The fourth-order valence-electron chi connectivity index (χ4n) is 1.65. The van der Waals surface area contributed by atoms with Crippen LogP contribution in [0.5, 0.6) is 0 Å². The van der Waals surface area contributed by atoms with Crippen LogP contribution in [0.3, 0.4) is 0 Å². The molecule has 0 aliphatic carbocycles. The number of aliphatic hydroxyl groups is 1. The second kappa shape index (κ2) is 6.36. The predicted molar refractivity (Wildman–Crippen MR) is 75.2 cm³/mol. The third kappa shape index (κ3) is 3.56. The van der Waals surface area contributed by atoms with E-state index in [1.807, 2.05) is 42.6 Å². The van der Waals surface area contributed by atoms with Crippen molar-refractivity contribution in [2.24, 2.45) is 0 Å². The van der Waals surface area contributed by atoms with Gasteiger partial charge in [-0.2, -0.15) is 0 Å². The summed E-state index contributed by atoms with van der Waals surface area (Å²) in [7, 11) is 0. The second-order valence-electron chi connectivity index (χ2n) is 4.04. The lowest BCUT2D eigenvalue weighted by Crippen LogP contribution is -2.14. The number of carbonyl (C=O) groups is 1. The molecule has 4 nitrogen and oxygen atoms in total. The van der Waals surface area contributed by atoms with E-state index in [0.717, 1.165) is 10.4 Å². The number of aliphatic hydroxyl groups excluding tert-OH is 1. The maximum Gasteiger partial charge on any atom is 0.411 e. The quantitative estimate of drug-likeness (QED) is 0.901. The lowest BCUT2D eigenvalue weighted by Gasteiger charge is -2.08. The number of ether oxygens (including phenoxy) is 1. The molecule has 0 fully saturated rings. The molecule has 2 rings (SSSR count). The van der Waals surface area contributed by atoms with Gasteiger partial charge in [0.2, 0.25) is 0 Å². The van der Waals surface area contributed by atoms with Crippen LogP contribution in [0.15, 0.2) is 35.7 Å². The Balaban J connectivity index is 1.93. The smallest absolute Gasteiger partial charge is 0.411 e. The number of benzene rings is 1. The number of carbonyl (C=O) groups excluding carboxylic acids is 1. The Labute approximate surface area is 115 Å². The van der Waals surface area contributed by atoms with Crippen LogP contribution in [-0.4, -0.2) is 11.2 Å². The van der Waals surface area contributed by atoms with Crippen molar-refractivity contribution >= 4 is 23.1 Å². The van der Waals surface area contributed by atoms with Crippen molar-refractivity contribution in [3.8, 4) is 0 Å². The summed E-state index contributed by atoms with van der Waals surface area (Å²) in [5, 5.41) is 13.7. The first kappa shape index (κ1) is 13.6. The van der Waals surface area contributed by atoms with Crippen LogP contribution in [0.2, 0.25) is 0 Å². The van der Waals surface area contributed by atoms with E-state index in [1.54, 1.807) is 0 Å². The summed E-state index contributed by atoms with van der Waals surface area (Å²) in [4.78, 5) is 12.6. The minimum Gasteiger partial charge on any atom is -0.444 e. The van der Waals surface area contributed by atoms with Gasteiger partial charge in [-0.05, 0) is 17.9 Å². The number of nitrogens with one attached hydrogen (secondary N) is 1. The zero-order chi connectivity index (χ0) is 13.7. The molecule has 2 N–H and O–H groups in total. The van der Waals surface area contributed by atoms with Crippen molar-refractivity contribution in [3.63, 3.8) is 0 Å². The maximum absolute atomic E-state index is 11.7. The normalized spacial score (nSPS) is 10.2. The first-order chi connectivity index (χ1) is 9.20. The van der Waals surface area contributed by atoms with E-state index < -0.39 is 6.09 Å². The number of anilines is 1. The molecule has 0 radical (unpaired) electrons. The van der Waals surface area contributed by atoms with E-state index in [0.29, 0.717) is 11.3 Å². The molecule has 100 valence electrons. The maximum atomic E-state index is 11.7. The van der Waals surface area contributed by atoms with Crippen molar-refractivity contribution in [2.45, 2.75) is 20.1 Å². The molecule has 1 aromatic carbocycles. The summed E-state index contributed by atoms with van der Waals surface area (Å²) >= 11 is 1.48. The Morgan fingerprint density at radius 1 is 1.37 bits per heavy atom. The summed E-state index contributed by atoms with van der Waals surface area (Å²) in [6.45, 7) is 2.01. The van der Waals surface area contributed by atoms with Crippen LogP contribution >= 0.6 is 11.3 Å². The molecule has 1 amide bonds. The fraction of sp³-hybridized carbons (Fsp3) is 0.214. The number of rotatable bonds is 4.